The first-order valence-electron chi connectivity index (χ1n) is 6.34. The molecule has 2 unspecified atom stereocenters. The van der Waals surface area contributed by atoms with Gasteiger partial charge < -0.3 is 11.1 Å². The number of nitrogens with one attached hydrogen (secondary N) is 1. The van der Waals surface area contributed by atoms with Gasteiger partial charge in [0, 0.05) is 6.04 Å². The number of aryl methyl sites for hydroxylation is 1. The fourth-order valence-corrected chi connectivity index (χ4v) is 2.56. The molecule has 2 rings (SSSR count). The summed E-state index contributed by atoms with van der Waals surface area (Å²) in [4.78, 5) is 11.4. The lowest BCUT2D eigenvalue weighted by molar-refractivity contribution is -0.123. The summed E-state index contributed by atoms with van der Waals surface area (Å²) in [6, 6.07) is 10.6. The number of carbonyl (C=O) groups excluding carboxylic acids is 1. The molecular formula is C14H20N2O. The van der Waals surface area contributed by atoms with Crippen LogP contribution in [0.25, 0.3) is 0 Å². The van der Waals surface area contributed by atoms with Gasteiger partial charge >= 0.3 is 0 Å². The van der Waals surface area contributed by atoms with Gasteiger partial charge in [0.15, 0.2) is 0 Å². The van der Waals surface area contributed by atoms with Crippen molar-refractivity contribution in [3.05, 3.63) is 35.9 Å². The smallest absolute Gasteiger partial charge is 0.222 e. The first-order valence-corrected chi connectivity index (χ1v) is 6.34. The molecule has 17 heavy (non-hydrogen) atoms. The highest BCUT2D eigenvalue weighted by Crippen LogP contribution is 2.20. The molecule has 3 N–H and O–H groups in total. The largest absolute Gasteiger partial charge is 0.369 e. The molecule has 1 aliphatic rings. The molecule has 0 bridgehead atoms. The van der Waals surface area contributed by atoms with E-state index in [9.17, 15) is 4.79 Å². The second-order valence-electron chi connectivity index (χ2n) is 4.74. The Morgan fingerprint density at radius 2 is 2.12 bits per heavy atom. The van der Waals surface area contributed by atoms with E-state index in [2.05, 4.69) is 29.6 Å². The Kier molecular flexibility index (Phi) is 4.15. The molecule has 2 atom stereocenters. The Bertz CT molecular complexity index is 364. The van der Waals surface area contributed by atoms with E-state index in [4.69, 9.17) is 5.73 Å². The maximum Gasteiger partial charge on any atom is 0.222 e. The maximum atomic E-state index is 11.4. The highest BCUT2D eigenvalue weighted by Gasteiger charge is 2.28. The number of piperidine rings is 1. The molecule has 0 aromatic heterocycles. The van der Waals surface area contributed by atoms with Crippen LogP contribution in [0.1, 0.15) is 24.8 Å². The van der Waals surface area contributed by atoms with Gasteiger partial charge in [-0.25, -0.2) is 0 Å². The molecule has 3 nitrogen and oxygen atoms in total. The molecule has 0 spiro atoms. The lowest BCUT2D eigenvalue weighted by Crippen LogP contribution is -2.47. The quantitative estimate of drug-likeness (QED) is 0.826. The summed E-state index contributed by atoms with van der Waals surface area (Å²) < 4.78 is 0. The molecule has 92 valence electrons. The Labute approximate surface area is 102 Å². The lowest BCUT2D eigenvalue weighted by Gasteiger charge is -2.30. The summed E-state index contributed by atoms with van der Waals surface area (Å²) in [5.41, 5.74) is 6.77. The summed E-state index contributed by atoms with van der Waals surface area (Å²) in [7, 11) is 0. The van der Waals surface area contributed by atoms with Crippen molar-refractivity contribution in [3.8, 4) is 0 Å². The highest BCUT2D eigenvalue weighted by atomic mass is 16.1. The Hall–Kier alpha value is -1.35. The van der Waals surface area contributed by atoms with Crippen LogP contribution in [-0.2, 0) is 11.2 Å². The average Bonchev–Trinajstić information content (AvgIpc) is 2.38. The van der Waals surface area contributed by atoms with Gasteiger partial charge in [0.2, 0.25) is 5.91 Å². The topological polar surface area (TPSA) is 55.1 Å². The highest BCUT2D eigenvalue weighted by molar-refractivity contribution is 5.77. The summed E-state index contributed by atoms with van der Waals surface area (Å²) >= 11 is 0. The van der Waals surface area contributed by atoms with Crippen LogP contribution in [0.4, 0.5) is 0 Å². The van der Waals surface area contributed by atoms with Gasteiger partial charge in [-0.15, -0.1) is 0 Å². The fraction of sp³-hybridized carbons (Fsp3) is 0.500. The second-order valence-corrected chi connectivity index (χ2v) is 4.74. The predicted molar refractivity (Wildman–Crippen MR) is 68.5 cm³/mol. The molecule has 0 saturated carbocycles. The fourth-order valence-electron chi connectivity index (χ4n) is 2.56. The predicted octanol–water partition coefficient (Wildman–Crippen LogP) is 1.47. The molecule has 1 fully saturated rings. The normalized spacial score (nSPS) is 24.5. The van der Waals surface area contributed by atoms with Crippen LogP contribution in [0.3, 0.4) is 0 Å². The summed E-state index contributed by atoms with van der Waals surface area (Å²) in [5.74, 6) is -0.150. The van der Waals surface area contributed by atoms with Crippen molar-refractivity contribution in [3.63, 3.8) is 0 Å². The van der Waals surface area contributed by atoms with E-state index >= 15 is 0 Å². The van der Waals surface area contributed by atoms with Crippen molar-refractivity contribution >= 4 is 5.91 Å². The first-order chi connectivity index (χ1) is 8.27. The van der Waals surface area contributed by atoms with Crippen molar-refractivity contribution in [2.75, 3.05) is 6.54 Å². The molecule has 0 radical (unpaired) electrons. The number of hydrogen-bond acceptors (Lipinski definition) is 2. The van der Waals surface area contributed by atoms with Crippen molar-refractivity contribution in [2.45, 2.75) is 31.7 Å². The Morgan fingerprint density at radius 1 is 1.35 bits per heavy atom. The van der Waals surface area contributed by atoms with E-state index in [1.54, 1.807) is 0 Å². The zero-order valence-electron chi connectivity index (χ0n) is 10.1. The van der Waals surface area contributed by atoms with Gasteiger partial charge in [-0.2, -0.15) is 0 Å². The van der Waals surface area contributed by atoms with Crippen molar-refractivity contribution in [1.82, 2.24) is 5.32 Å². The van der Waals surface area contributed by atoms with Crippen molar-refractivity contribution in [2.24, 2.45) is 11.7 Å². The Morgan fingerprint density at radius 3 is 2.82 bits per heavy atom. The maximum absolute atomic E-state index is 11.4. The number of rotatable bonds is 4. The second kappa shape index (κ2) is 5.82. The molecule has 1 aromatic rings. The van der Waals surface area contributed by atoms with E-state index < -0.39 is 0 Å². The van der Waals surface area contributed by atoms with Gasteiger partial charge in [-0.1, -0.05) is 30.3 Å². The van der Waals surface area contributed by atoms with Crippen LogP contribution in [0.15, 0.2) is 30.3 Å². The van der Waals surface area contributed by atoms with E-state index in [1.165, 1.54) is 5.56 Å². The van der Waals surface area contributed by atoms with E-state index in [0.717, 1.165) is 32.2 Å². The van der Waals surface area contributed by atoms with Crippen LogP contribution in [-0.4, -0.2) is 18.5 Å². The number of primary amides is 1. The summed E-state index contributed by atoms with van der Waals surface area (Å²) in [6.07, 6.45) is 3.97. The minimum atomic E-state index is -0.157. The first kappa shape index (κ1) is 12.1. The molecule has 3 heteroatoms. The average molecular weight is 232 g/mol. The number of nitrogens with two attached hydrogens (primary N) is 1. The number of hydrogen-bond donors (Lipinski definition) is 2. The molecular weight excluding hydrogens is 212 g/mol. The number of benzene rings is 1. The van der Waals surface area contributed by atoms with Gasteiger partial charge in [-0.05, 0) is 37.8 Å². The van der Waals surface area contributed by atoms with Gasteiger partial charge in [0.1, 0.15) is 0 Å². The Balaban J connectivity index is 1.90. The van der Waals surface area contributed by atoms with Crippen LogP contribution >= 0.6 is 0 Å². The van der Waals surface area contributed by atoms with E-state index in [-0.39, 0.29) is 17.9 Å². The van der Waals surface area contributed by atoms with Crippen molar-refractivity contribution in [1.29, 1.82) is 0 Å². The lowest BCUT2D eigenvalue weighted by atomic mass is 9.86. The van der Waals surface area contributed by atoms with E-state index in [1.807, 2.05) is 6.07 Å². The number of carbonyl (C=O) groups is 1. The van der Waals surface area contributed by atoms with Crippen LogP contribution in [0, 0.1) is 5.92 Å². The minimum Gasteiger partial charge on any atom is -0.369 e. The summed E-state index contributed by atoms with van der Waals surface area (Å²) in [5, 5.41) is 3.42. The minimum absolute atomic E-state index is 0.00691. The third-order valence-corrected chi connectivity index (χ3v) is 3.54. The van der Waals surface area contributed by atoms with E-state index in [0.29, 0.717) is 0 Å². The standard InChI is InChI=1S/C14H20N2O/c15-14(17)12-7-4-10-16-13(12)9-8-11-5-2-1-3-6-11/h1-3,5-6,12-13,16H,4,7-10H2,(H2,15,17). The van der Waals surface area contributed by atoms with Crippen molar-refractivity contribution < 1.29 is 4.79 Å². The van der Waals surface area contributed by atoms with Crippen LogP contribution in [0.5, 0.6) is 0 Å². The van der Waals surface area contributed by atoms with Gasteiger partial charge in [-0.3, -0.25) is 4.79 Å². The van der Waals surface area contributed by atoms with Crippen LogP contribution < -0.4 is 11.1 Å². The zero-order chi connectivity index (χ0) is 12.1. The van der Waals surface area contributed by atoms with Crippen LogP contribution in [0.2, 0.25) is 0 Å². The molecule has 1 heterocycles. The monoisotopic (exact) mass is 232 g/mol. The SMILES string of the molecule is NC(=O)C1CCCNC1CCc1ccccc1. The third-order valence-electron chi connectivity index (χ3n) is 3.54. The van der Waals surface area contributed by atoms with Gasteiger partial charge in [0.05, 0.1) is 5.92 Å². The third kappa shape index (κ3) is 3.30. The summed E-state index contributed by atoms with van der Waals surface area (Å²) in [6.45, 7) is 1.00. The number of amides is 1. The molecule has 1 amide bonds. The van der Waals surface area contributed by atoms with Gasteiger partial charge in [0.25, 0.3) is 0 Å². The molecule has 1 saturated heterocycles. The molecule has 1 aromatic carbocycles. The molecule has 0 aliphatic carbocycles. The molecule has 1 aliphatic heterocycles. The zero-order valence-corrected chi connectivity index (χ0v) is 10.1.